The van der Waals surface area contributed by atoms with E-state index in [1.165, 1.54) is 0 Å². The number of urea groups is 1. The predicted molar refractivity (Wildman–Crippen MR) is 91.4 cm³/mol. The van der Waals surface area contributed by atoms with Crippen LogP contribution in [0.5, 0.6) is 5.75 Å². The monoisotopic (exact) mass is 374 g/mol. The number of carbonyl (C=O) groups excluding carboxylic acids is 2. The Bertz CT molecular complexity index is 597. The van der Waals surface area contributed by atoms with Gasteiger partial charge in [0, 0.05) is 18.1 Å². The Morgan fingerprint density at radius 1 is 1.38 bits per heavy atom. The van der Waals surface area contributed by atoms with Crippen LogP contribution in [0, 0.1) is 5.92 Å². The Kier molecular flexibility index (Phi) is 6.99. The minimum atomic E-state index is -0.283. The lowest BCUT2D eigenvalue weighted by Gasteiger charge is -2.31. The number of halogens is 2. The average molecular weight is 375 g/mol. The lowest BCUT2D eigenvalue weighted by Crippen LogP contribution is -2.48. The molecule has 0 spiro atoms. The molecular weight excluding hydrogens is 355 g/mol. The van der Waals surface area contributed by atoms with Crippen molar-refractivity contribution in [2.75, 3.05) is 26.4 Å². The number of carbonyl (C=O) groups is 2. The molecule has 132 valence electrons. The van der Waals surface area contributed by atoms with E-state index in [0.29, 0.717) is 35.5 Å². The van der Waals surface area contributed by atoms with Crippen molar-refractivity contribution in [3.63, 3.8) is 0 Å². The Labute approximate surface area is 151 Å². The summed E-state index contributed by atoms with van der Waals surface area (Å²) in [6.45, 7) is 3.04. The number of likely N-dealkylation sites (tertiary alicyclic amines) is 1. The first-order chi connectivity index (χ1) is 11.5. The van der Waals surface area contributed by atoms with Gasteiger partial charge in [0.05, 0.1) is 17.5 Å². The highest BCUT2D eigenvalue weighted by Crippen LogP contribution is 2.27. The highest BCUT2D eigenvalue weighted by molar-refractivity contribution is 6.35. The molecule has 24 heavy (non-hydrogen) atoms. The second kappa shape index (κ2) is 8.99. The van der Waals surface area contributed by atoms with E-state index in [4.69, 9.17) is 32.7 Å². The second-order valence-corrected chi connectivity index (χ2v) is 6.23. The summed E-state index contributed by atoms with van der Waals surface area (Å²) >= 11 is 11.8. The summed E-state index contributed by atoms with van der Waals surface area (Å²) in [6.07, 6.45) is 1.50. The normalized spacial score (nSPS) is 17.3. The van der Waals surface area contributed by atoms with Crippen molar-refractivity contribution in [3.8, 4) is 5.75 Å². The van der Waals surface area contributed by atoms with Crippen molar-refractivity contribution in [1.82, 2.24) is 10.2 Å². The number of esters is 1. The number of ether oxygens (including phenoxy) is 2. The molecule has 1 aliphatic heterocycles. The predicted octanol–water partition coefficient (Wildman–Crippen LogP) is 3.31. The van der Waals surface area contributed by atoms with Crippen LogP contribution in [0.2, 0.25) is 10.0 Å². The summed E-state index contributed by atoms with van der Waals surface area (Å²) in [5, 5.41) is 3.54. The quantitative estimate of drug-likeness (QED) is 0.633. The molecule has 0 aliphatic carbocycles. The van der Waals surface area contributed by atoms with Crippen molar-refractivity contribution < 1.29 is 19.1 Å². The van der Waals surface area contributed by atoms with Gasteiger partial charge in [0.1, 0.15) is 5.75 Å². The minimum absolute atomic E-state index is 0.0270. The number of nitrogens with one attached hydrogen (secondary N) is 1. The fraction of sp³-hybridized carbons (Fsp3) is 0.500. The van der Waals surface area contributed by atoms with Crippen molar-refractivity contribution in [2.45, 2.75) is 19.8 Å². The van der Waals surface area contributed by atoms with Crippen LogP contribution in [0.25, 0.3) is 0 Å². The van der Waals surface area contributed by atoms with Gasteiger partial charge in [-0.05, 0) is 38.0 Å². The van der Waals surface area contributed by atoms with Crippen LogP contribution in [0.3, 0.4) is 0 Å². The molecule has 1 aromatic rings. The Morgan fingerprint density at radius 2 is 2.17 bits per heavy atom. The number of amides is 2. The third kappa shape index (κ3) is 5.18. The van der Waals surface area contributed by atoms with Crippen molar-refractivity contribution in [2.24, 2.45) is 5.92 Å². The highest BCUT2D eigenvalue weighted by Gasteiger charge is 2.29. The van der Waals surface area contributed by atoms with E-state index in [-0.39, 0.29) is 24.6 Å². The highest BCUT2D eigenvalue weighted by atomic mass is 35.5. The molecular formula is C16H20Cl2N2O4. The molecule has 2 rings (SSSR count). The van der Waals surface area contributed by atoms with Gasteiger partial charge >= 0.3 is 12.0 Å². The molecule has 1 saturated heterocycles. The van der Waals surface area contributed by atoms with E-state index in [0.717, 1.165) is 12.8 Å². The maximum atomic E-state index is 12.2. The van der Waals surface area contributed by atoms with Crippen molar-refractivity contribution in [3.05, 3.63) is 28.2 Å². The maximum Gasteiger partial charge on any atom is 0.320 e. The van der Waals surface area contributed by atoms with Crippen LogP contribution in [0.4, 0.5) is 4.79 Å². The van der Waals surface area contributed by atoms with Crippen LogP contribution < -0.4 is 10.1 Å². The first-order valence-electron chi connectivity index (χ1n) is 7.78. The topological polar surface area (TPSA) is 67.9 Å². The number of piperidine rings is 1. The summed E-state index contributed by atoms with van der Waals surface area (Å²) < 4.78 is 10.4. The van der Waals surface area contributed by atoms with Gasteiger partial charge in [-0.25, -0.2) is 4.79 Å². The molecule has 0 bridgehead atoms. The van der Waals surface area contributed by atoms with E-state index in [1.807, 2.05) is 0 Å². The SMILES string of the molecule is CCOC(=O)C1CCCN(C(=O)NCOc2ccc(Cl)cc2Cl)C1. The number of benzene rings is 1. The van der Waals surface area contributed by atoms with Crippen LogP contribution in [-0.4, -0.2) is 43.3 Å². The standard InChI is InChI=1S/C16H20Cl2N2O4/c1-2-23-15(21)11-4-3-7-20(9-11)16(22)19-10-24-14-6-5-12(17)8-13(14)18/h5-6,8,11H,2-4,7,9-10H2,1H3,(H,19,22). The van der Waals surface area contributed by atoms with E-state index >= 15 is 0 Å². The first kappa shape index (κ1) is 18.7. The zero-order valence-electron chi connectivity index (χ0n) is 13.4. The van der Waals surface area contributed by atoms with Crippen LogP contribution in [0.15, 0.2) is 18.2 Å². The summed E-state index contributed by atoms with van der Waals surface area (Å²) in [5.74, 6) is -0.0836. The smallest absolute Gasteiger partial charge is 0.320 e. The lowest BCUT2D eigenvalue weighted by molar-refractivity contribution is -0.149. The molecule has 6 nitrogen and oxygen atoms in total. The number of hydrogen-bond acceptors (Lipinski definition) is 4. The van der Waals surface area contributed by atoms with Gasteiger partial charge in [-0.1, -0.05) is 23.2 Å². The van der Waals surface area contributed by atoms with E-state index < -0.39 is 0 Å². The number of nitrogens with zero attached hydrogens (tertiary/aromatic N) is 1. The molecule has 0 saturated carbocycles. The van der Waals surface area contributed by atoms with Crippen molar-refractivity contribution >= 4 is 35.2 Å². The summed E-state index contributed by atoms with van der Waals surface area (Å²) in [7, 11) is 0. The molecule has 2 amide bonds. The number of hydrogen-bond donors (Lipinski definition) is 1. The average Bonchev–Trinajstić information content (AvgIpc) is 2.57. The van der Waals surface area contributed by atoms with Gasteiger partial charge in [-0.2, -0.15) is 0 Å². The van der Waals surface area contributed by atoms with Gasteiger partial charge in [0.25, 0.3) is 0 Å². The molecule has 1 heterocycles. The van der Waals surface area contributed by atoms with Gasteiger partial charge < -0.3 is 19.7 Å². The van der Waals surface area contributed by atoms with Crippen LogP contribution >= 0.6 is 23.2 Å². The molecule has 1 fully saturated rings. The largest absolute Gasteiger partial charge is 0.472 e. The van der Waals surface area contributed by atoms with Crippen LogP contribution in [-0.2, 0) is 9.53 Å². The molecule has 1 unspecified atom stereocenters. The Hall–Kier alpha value is -1.66. The molecule has 1 aliphatic rings. The molecule has 0 aromatic heterocycles. The van der Waals surface area contributed by atoms with Gasteiger partial charge in [-0.3, -0.25) is 4.79 Å². The molecule has 1 aromatic carbocycles. The zero-order chi connectivity index (χ0) is 17.5. The molecule has 1 atom stereocenters. The lowest BCUT2D eigenvalue weighted by atomic mass is 9.98. The molecule has 0 radical (unpaired) electrons. The summed E-state index contributed by atoms with van der Waals surface area (Å²) in [4.78, 5) is 25.6. The van der Waals surface area contributed by atoms with E-state index in [9.17, 15) is 9.59 Å². The van der Waals surface area contributed by atoms with Gasteiger partial charge in [0.15, 0.2) is 6.73 Å². The fourth-order valence-electron chi connectivity index (χ4n) is 2.49. The third-order valence-electron chi connectivity index (χ3n) is 3.67. The molecule has 1 N–H and O–H groups in total. The maximum absolute atomic E-state index is 12.2. The Morgan fingerprint density at radius 3 is 2.88 bits per heavy atom. The summed E-state index contributed by atoms with van der Waals surface area (Å²) in [6, 6.07) is 4.57. The first-order valence-corrected chi connectivity index (χ1v) is 8.54. The number of rotatable bonds is 5. The zero-order valence-corrected chi connectivity index (χ0v) is 14.9. The van der Waals surface area contributed by atoms with Crippen LogP contribution in [0.1, 0.15) is 19.8 Å². The van der Waals surface area contributed by atoms with E-state index in [1.54, 1.807) is 30.0 Å². The molecule has 8 heteroatoms. The fourth-order valence-corrected chi connectivity index (χ4v) is 2.96. The summed E-state index contributed by atoms with van der Waals surface area (Å²) in [5.41, 5.74) is 0. The second-order valence-electron chi connectivity index (χ2n) is 5.38. The Balaban J connectivity index is 1.80. The van der Waals surface area contributed by atoms with Gasteiger partial charge in [0.2, 0.25) is 0 Å². The third-order valence-corrected chi connectivity index (χ3v) is 4.20. The van der Waals surface area contributed by atoms with Crippen molar-refractivity contribution in [1.29, 1.82) is 0 Å². The minimum Gasteiger partial charge on any atom is -0.472 e. The van der Waals surface area contributed by atoms with E-state index in [2.05, 4.69) is 5.32 Å². The van der Waals surface area contributed by atoms with Gasteiger partial charge in [-0.15, -0.1) is 0 Å².